The highest BCUT2D eigenvalue weighted by atomic mass is 16.4. The molecule has 0 bridgehead atoms. The van der Waals surface area contributed by atoms with Crippen LogP contribution in [0.25, 0.3) is 0 Å². The van der Waals surface area contributed by atoms with Crippen LogP contribution in [0.2, 0.25) is 0 Å². The maximum absolute atomic E-state index is 12.9. The Kier molecular flexibility index (Phi) is 7.40. The van der Waals surface area contributed by atoms with Crippen molar-refractivity contribution in [2.45, 2.75) is 77.0 Å². The van der Waals surface area contributed by atoms with Gasteiger partial charge < -0.3 is 26.0 Å². The molecular weight excluding hydrogens is 364 g/mol. The molecule has 0 aromatic carbocycles. The van der Waals surface area contributed by atoms with Crippen LogP contribution in [-0.2, 0) is 19.2 Å². The monoisotopic (exact) mass is 396 g/mol. The molecule has 9 nitrogen and oxygen atoms in total. The van der Waals surface area contributed by atoms with Crippen LogP contribution in [-0.4, -0.2) is 75.9 Å². The molecule has 2 aliphatic heterocycles. The summed E-state index contributed by atoms with van der Waals surface area (Å²) in [6.07, 6.45) is 2.76. The maximum atomic E-state index is 12.9. The molecule has 4 atom stereocenters. The molecule has 2 saturated heterocycles. The Morgan fingerprint density at radius 3 is 2.18 bits per heavy atom. The Morgan fingerprint density at radius 2 is 1.61 bits per heavy atom. The lowest BCUT2D eigenvalue weighted by molar-refractivity contribution is -0.152. The van der Waals surface area contributed by atoms with Gasteiger partial charge in [-0.25, -0.2) is 4.79 Å². The second kappa shape index (κ2) is 9.36. The van der Waals surface area contributed by atoms with Gasteiger partial charge in [0.25, 0.3) is 0 Å². The summed E-state index contributed by atoms with van der Waals surface area (Å²) >= 11 is 0. The molecule has 2 rings (SSSR count). The highest BCUT2D eigenvalue weighted by Gasteiger charge is 2.43. The van der Waals surface area contributed by atoms with Crippen molar-refractivity contribution in [3.63, 3.8) is 0 Å². The summed E-state index contributed by atoms with van der Waals surface area (Å²) in [5, 5.41) is 12.0. The lowest BCUT2D eigenvalue weighted by Crippen LogP contribution is -2.56. The van der Waals surface area contributed by atoms with Gasteiger partial charge in [0.1, 0.15) is 18.1 Å². The highest BCUT2D eigenvalue weighted by Crippen LogP contribution is 2.25. The van der Waals surface area contributed by atoms with Gasteiger partial charge in [-0.1, -0.05) is 13.8 Å². The molecule has 0 spiro atoms. The molecule has 2 fully saturated rings. The van der Waals surface area contributed by atoms with E-state index >= 15 is 0 Å². The Hall–Kier alpha value is -2.16. The minimum atomic E-state index is -1.01. The molecule has 0 saturated carbocycles. The molecule has 0 aliphatic carbocycles. The Labute approximate surface area is 165 Å². The van der Waals surface area contributed by atoms with Crippen molar-refractivity contribution in [1.29, 1.82) is 0 Å². The van der Waals surface area contributed by atoms with Crippen LogP contribution < -0.4 is 11.1 Å². The average Bonchev–Trinajstić information content (AvgIpc) is 3.29. The van der Waals surface area contributed by atoms with Crippen molar-refractivity contribution in [2.24, 2.45) is 11.7 Å². The number of nitrogens with two attached hydrogens (primary N) is 1. The van der Waals surface area contributed by atoms with E-state index in [1.807, 2.05) is 13.8 Å². The fourth-order valence-electron chi connectivity index (χ4n) is 4.01. The van der Waals surface area contributed by atoms with E-state index in [2.05, 4.69) is 5.32 Å². The SMILES string of the molecule is CC(C)C[C@H](N)C(=O)N[C@@H](C)C(=O)N1CCC[C@H]1C(=O)N1CCC[C@H]1C(=O)O. The Bertz CT molecular complexity index is 623. The van der Waals surface area contributed by atoms with Crippen LogP contribution in [0.15, 0.2) is 0 Å². The standard InChI is InChI=1S/C19H32N4O5/c1-11(2)10-13(20)16(24)21-12(3)17(25)22-8-4-6-14(22)18(26)23-9-5-7-15(23)19(27)28/h11-15H,4-10,20H2,1-3H3,(H,21,24)(H,27,28)/t12-,13-,14-,15-/m0/s1. The number of hydrogen-bond donors (Lipinski definition) is 3. The van der Waals surface area contributed by atoms with Crippen molar-refractivity contribution < 1.29 is 24.3 Å². The van der Waals surface area contributed by atoms with E-state index in [9.17, 15) is 24.3 Å². The number of likely N-dealkylation sites (tertiary alicyclic amines) is 2. The van der Waals surface area contributed by atoms with Gasteiger partial charge in [0, 0.05) is 13.1 Å². The molecule has 0 aromatic heterocycles. The van der Waals surface area contributed by atoms with Gasteiger partial charge in [-0.2, -0.15) is 0 Å². The second-order valence-corrected chi connectivity index (χ2v) is 8.18. The normalized spacial score (nSPS) is 24.3. The van der Waals surface area contributed by atoms with E-state index in [1.54, 1.807) is 6.92 Å². The molecule has 0 unspecified atom stereocenters. The van der Waals surface area contributed by atoms with Crippen molar-refractivity contribution >= 4 is 23.7 Å². The van der Waals surface area contributed by atoms with Gasteiger partial charge in [-0.05, 0) is 44.9 Å². The first kappa shape index (κ1) is 22.1. The average molecular weight is 396 g/mol. The van der Waals surface area contributed by atoms with Crippen LogP contribution >= 0.6 is 0 Å². The van der Waals surface area contributed by atoms with Gasteiger partial charge >= 0.3 is 5.97 Å². The van der Waals surface area contributed by atoms with Crippen molar-refractivity contribution in [3.05, 3.63) is 0 Å². The molecule has 0 radical (unpaired) electrons. The van der Waals surface area contributed by atoms with Gasteiger partial charge in [-0.3, -0.25) is 14.4 Å². The lowest BCUT2D eigenvalue weighted by atomic mass is 10.0. The summed E-state index contributed by atoms with van der Waals surface area (Å²) in [7, 11) is 0. The number of nitrogens with zero attached hydrogens (tertiary/aromatic N) is 2. The number of rotatable bonds is 7. The van der Waals surface area contributed by atoms with E-state index in [0.29, 0.717) is 45.2 Å². The number of hydrogen-bond acceptors (Lipinski definition) is 5. The molecule has 4 N–H and O–H groups in total. The van der Waals surface area contributed by atoms with Crippen LogP contribution in [0.3, 0.4) is 0 Å². The summed E-state index contributed by atoms with van der Waals surface area (Å²) in [4.78, 5) is 52.2. The van der Waals surface area contributed by atoms with Crippen LogP contribution in [0, 0.1) is 5.92 Å². The zero-order valence-electron chi connectivity index (χ0n) is 16.9. The molecule has 2 heterocycles. The van der Waals surface area contributed by atoms with E-state index in [4.69, 9.17) is 5.73 Å². The van der Waals surface area contributed by atoms with Crippen molar-refractivity contribution in [2.75, 3.05) is 13.1 Å². The highest BCUT2D eigenvalue weighted by molar-refractivity contribution is 5.94. The molecular formula is C19H32N4O5. The third-order valence-corrected chi connectivity index (χ3v) is 5.43. The number of carbonyl (C=O) groups is 4. The Balaban J connectivity index is 2.01. The zero-order chi connectivity index (χ0) is 21.0. The Morgan fingerprint density at radius 1 is 1.04 bits per heavy atom. The maximum Gasteiger partial charge on any atom is 0.326 e. The van der Waals surface area contributed by atoms with E-state index in [0.717, 1.165) is 0 Å². The first-order valence-corrected chi connectivity index (χ1v) is 10.0. The molecule has 9 heteroatoms. The number of carboxylic acid groups (broad SMARTS) is 1. The van der Waals surface area contributed by atoms with Gasteiger partial charge in [-0.15, -0.1) is 0 Å². The third-order valence-electron chi connectivity index (χ3n) is 5.43. The lowest BCUT2D eigenvalue weighted by Gasteiger charge is -2.31. The third kappa shape index (κ3) is 5.01. The second-order valence-electron chi connectivity index (χ2n) is 8.18. The fraction of sp³-hybridized carbons (Fsp3) is 0.789. The minimum absolute atomic E-state index is 0.259. The fourth-order valence-corrected chi connectivity index (χ4v) is 4.01. The van der Waals surface area contributed by atoms with Crippen LogP contribution in [0.5, 0.6) is 0 Å². The van der Waals surface area contributed by atoms with E-state index in [-0.39, 0.29) is 23.6 Å². The molecule has 158 valence electrons. The molecule has 28 heavy (non-hydrogen) atoms. The first-order chi connectivity index (χ1) is 13.1. The quantitative estimate of drug-likeness (QED) is 0.552. The predicted molar refractivity (Wildman–Crippen MR) is 102 cm³/mol. The minimum Gasteiger partial charge on any atom is -0.480 e. The first-order valence-electron chi connectivity index (χ1n) is 10.0. The van der Waals surface area contributed by atoms with Crippen LogP contribution in [0.4, 0.5) is 0 Å². The smallest absolute Gasteiger partial charge is 0.326 e. The van der Waals surface area contributed by atoms with Gasteiger partial charge in [0.2, 0.25) is 17.7 Å². The van der Waals surface area contributed by atoms with E-state index < -0.39 is 30.1 Å². The molecule has 3 amide bonds. The summed E-state index contributed by atoms with van der Waals surface area (Å²) in [5.41, 5.74) is 5.87. The number of carboxylic acids is 1. The largest absolute Gasteiger partial charge is 0.480 e. The number of amides is 3. The summed E-state index contributed by atoms with van der Waals surface area (Å²) in [6, 6.07) is -2.98. The van der Waals surface area contributed by atoms with Crippen LogP contribution in [0.1, 0.15) is 52.9 Å². The van der Waals surface area contributed by atoms with Gasteiger partial charge in [0.15, 0.2) is 0 Å². The number of nitrogens with one attached hydrogen (secondary N) is 1. The molecule has 2 aliphatic rings. The summed E-state index contributed by atoms with van der Waals surface area (Å²) in [6.45, 7) is 6.32. The summed E-state index contributed by atoms with van der Waals surface area (Å²) in [5.74, 6) is -1.80. The van der Waals surface area contributed by atoms with Gasteiger partial charge in [0.05, 0.1) is 6.04 Å². The van der Waals surface area contributed by atoms with Crippen molar-refractivity contribution in [1.82, 2.24) is 15.1 Å². The topological polar surface area (TPSA) is 133 Å². The number of carbonyl (C=O) groups excluding carboxylic acids is 3. The van der Waals surface area contributed by atoms with Crippen molar-refractivity contribution in [3.8, 4) is 0 Å². The zero-order valence-corrected chi connectivity index (χ0v) is 16.9. The van der Waals surface area contributed by atoms with E-state index in [1.165, 1.54) is 9.80 Å². The predicted octanol–water partition coefficient (Wildman–Crippen LogP) is -0.0689. The molecule has 0 aromatic rings. The number of aliphatic carboxylic acids is 1. The summed E-state index contributed by atoms with van der Waals surface area (Å²) < 4.78 is 0.